The van der Waals surface area contributed by atoms with E-state index in [1.165, 1.54) is 4.90 Å². The summed E-state index contributed by atoms with van der Waals surface area (Å²) in [7, 11) is 1.67. The van der Waals surface area contributed by atoms with Crippen LogP contribution >= 0.6 is 23.5 Å². The second-order valence-electron chi connectivity index (χ2n) is 6.80. The van der Waals surface area contributed by atoms with E-state index in [1.807, 2.05) is 42.5 Å². The Balaban J connectivity index is 0.000000414. The molecule has 0 bridgehead atoms. The van der Waals surface area contributed by atoms with E-state index >= 15 is 0 Å². The van der Waals surface area contributed by atoms with Crippen molar-refractivity contribution in [1.82, 2.24) is 5.32 Å². The third-order valence-corrected chi connectivity index (χ3v) is 6.66. The molecule has 3 rings (SSSR count). The molecule has 0 amide bonds. The molecule has 1 aliphatic rings. The lowest BCUT2D eigenvalue weighted by Gasteiger charge is -2.18. The van der Waals surface area contributed by atoms with Crippen LogP contribution in [0.1, 0.15) is 0 Å². The summed E-state index contributed by atoms with van der Waals surface area (Å²) in [6, 6.07) is 16.2. The zero-order chi connectivity index (χ0) is 24.1. The maximum atomic E-state index is 10.3. The van der Waals surface area contributed by atoms with Gasteiger partial charge in [0.15, 0.2) is 0 Å². The molecule has 178 valence electrons. The molecule has 1 unspecified atom stereocenters. The van der Waals surface area contributed by atoms with Gasteiger partial charge in [-0.1, -0.05) is 24.3 Å². The number of para-hydroxylation sites is 2. The van der Waals surface area contributed by atoms with Gasteiger partial charge in [0.1, 0.15) is 18.1 Å². The molecular weight excluding hydrogens is 466 g/mol. The Bertz CT molecular complexity index is 896. The number of carboxylic acids is 2. The van der Waals surface area contributed by atoms with Gasteiger partial charge in [0.25, 0.3) is 0 Å². The maximum absolute atomic E-state index is 10.3. The summed E-state index contributed by atoms with van der Waals surface area (Å²) in [6.45, 7) is 1.17. The number of carbonyl (C=O) groups is 2. The molecule has 4 N–H and O–H groups in total. The van der Waals surface area contributed by atoms with Crippen molar-refractivity contribution in [2.45, 2.75) is 21.9 Å². The number of aliphatic hydroxyl groups is 1. The molecule has 2 aromatic rings. The van der Waals surface area contributed by atoms with Crippen molar-refractivity contribution < 1.29 is 34.4 Å². The molecule has 0 aromatic heterocycles. The number of fused-ring (bicyclic) bond motifs is 1. The van der Waals surface area contributed by atoms with E-state index in [1.54, 1.807) is 30.6 Å². The lowest BCUT2D eigenvalue weighted by molar-refractivity contribution is -0.134. The molecule has 0 saturated carbocycles. The summed E-state index contributed by atoms with van der Waals surface area (Å²) in [5, 5.41) is 29.3. The number of hydrogen-bond acceptors (Lipinski definition) is 8. The van der Waals surface area contributed by atoms with Gasteiger partial charge in [-0.2, -0.15) is 0 Å². The average molecular weight is 494 g/mol. The van der Waals surface area contributed by atoms with Crippen LogP contribution in [0.15, 0.2) is 70.5 Å². The predicted octanol–water partition coefficient (Wildman–Crippen LogP) is 3.00. The van der Waals surface area contributed by atoms with E-state index < -0.39 is 18.0 Å². The third kappa shape index (κ3) is 10.2. The fourth-order valence-corrected chi connectivity index (χ4v) is 4.66. The SMILES string of the molecule is COc1ccccc1SCC(O)CN[C@H]1COc2ccccc2SC1.O=C(O)/C=C\C(=O)O. The van der Waals surface area contributed by atoms with Crippen LogP contribution in [0.25, 0.3) is 0 Å². The summed E-state index contributed by atoms with van der Waals surface area (Å²) >= 11 is 3.40. The van der Waals surface area contributed by atoms with Gasteiger partial charge in [-0.25, -0.2) is 9.59 Å². The van der Waals surface area contributed by atoms with Gasteiger partial charge >= 0.3 is 11.9 Å². The Hall–Kier alpha value is -2.66. The first kappa shape index (κ1) is 26.6. The zero-order valence-corrected chi connectivity index (χ0v) is 19.7. The number of aliphatic hydroxyl groups excluding tert-OH is 1. The molecule has 10 heteroatoms. The average Bonchev–Trinajstić information content (AvgIpc) is 3.03. The topological polar surface area (TPSA) is 125 Å². The normalized spacial score (nSPS) is 15.9. The van der Waals surface area contributed by atoms with E-state index in [-0.39, 0.29) is 6.04 Å². The number of aliphatic carboxylic acids is 2. The van der Waals surface area contributed by atoms with Crippen LogP contribution in [0, 0.1) is 0 Å². The van der Waals surface area contributed by atoms with Crippen molar-refractivity contribution in [3.05, 3.63) is 60.7 Å². The van der Waals surface area contributed by atoms with Gasteiger partial charge in [-0.15, -0.1) is 23.5 Å². The lowest BCUT2D eigenvalue weighted by Crippen LogP contribution is -2.41. The van der Waals surface area contributed by atoms with E-state index in [4.69, 9.17) is 19.7 Å². The van der Waals surface area contributed by atoms with Gasteiger partial charge in [0, 0.05) is 40.0 Å². The van der Waals surface area contributed by atoms with E-state index in [9.17, 15) is 14.7 Å². The van der Waals surface area contributed by atoms with Crippen molar-refractivity contribution in [3.8, 4) is 11.5 Å². The first-order valence-electron chi connectivity index (χ1n) is 10.0. The number of ether oxygens (including phenoxy) is 2. The molecule has 8 nitrogen and oxygen atoms in total. The second-order valence-corrected chi connectivity index (χ2v) is 8.92. The molecular formula is C23H27NO7S2. The Morgan fingerprint density at radius 3 is 2.55 bits per heavy atom. The smallest absolute Gasteiger partial charge is 0.328 e. The first-order chi connectivity index (χ1) is 15.9. The molecule has 1 heterocycles. The van der Waals surface area contributed by atoms with Crippen LogP contribution in [0.5, 0.6) is 11.5 Å². The van der Waals surface area contributed by atoms with Crippen LogP contribution in [-0.4, -0.2) is 71.2 Å². The van der Waals surface area contributed by atoms with Gasteiger partial charge in [-0.3, -0.25) is 0 Å². The number of hydrogen-bond donors (Lipinski definition) is 4. The standard InChI is InChI=1S/C19H23NO3S2.C4H4O4/c1-22-16-6-2-4-8-18(16)25-13-15(21)10-20-14-11-23-17-7-3-5-9-19(17)24-12-14;5-3(6)1-2-4(7)8/h2-9,14-15,20-21H,10-13H2,1H3;1-2H,(H,5,6)(H,7,8)/b;2-1-/t14-,15?;/m0./s1. The fourth-order valence-electron chi connectivity index (χ4n) is 2.66. The summed E-state index contributed by atoms with van der Waals surface area (Å²) in [4.78, 5) is 21.3. The highest BCUT2D eigenvalue weighted by atomic mass is 32.2. The number of nitrogens with one attached hydrogen (secondary N) is 1. The number of carboxylic acid groups (broad SMARTS) is 2. The third-order valence-electron chi connectivity index (χ3n) is 4.24. The minimum absolute atomic E-state index is 0.225. The van der Waals surface area contributed by atoms with Crippen molar-refractivity contribution in [1.29, 1.82) is 0 Å². The number of rotatable bonds is 9. The van der Waals surface area contributed by atoms with Gasteiger partial charge < -0.3 is 30.1 Å². The number of benzene rings is 2. The monoisotopic (exact) mass is 493 g/mol. The minimum atomic E-state index is -1.26. The molecule has 33 heavy (non-hydrogen) atoms. The minimum Gasteiger partial charge on any atom is -0.496 e. The van der Waals surface area contributed by atoms with Gasteiger partial charge in [-0.05, 0) is 24.3 Å². The molecule has 0 aliphatic carbocycles. The van der Waals surface area contributed by atoms with Crippen LogP contribution in [0.3, 0.4) is 0 Å². The molecule has 1 aliphatic heterocycles. The first-order valence-corrected chi connectivity index (χ1v) is 12.0. The fraction of sp³-hybridized carbons (Fsp3) is 0.304. The highest BCUT2D eigenvalue weighted by Crippen LogP contribution is 2.32. The molecule has 0 saturated heterocycles. The molecule has 2 atom stereocenters. The summed E-state index contributed by atoms with van der Waals surface area (Å²) in [5.41, 5.74) is 0. The largest absolute Gasteiger partial charge is 0.496 e. The van der Waals surface area contributed by atoms with Crippen molar-refractivity contribution >= 4 is 35.5 Å². The Morgan fingerprint density at radius 1 is 1.18 bits per heavy atom. The highest BCUT2D eigenvalue weighted by molar-refractivity contribution is 7.99. The van der Waals surface area contributed by atoms with Crippen LogP contribution in [-0.2, 0) is 9.59 Å². The molecule has 0 spiro atoms. The van der Waals surface area contributed by atoms with Crippen molar-refractivity contribution in [3.63, 3.8) is 0 Å². The van der Waals surface area contributed by atoms with Crippen molar-refractivity contribution in [2.75, 3.05) is 31.8 Å². The van der Waals surface area contributed by atoms with E-state index in [2.05, 4.69) is 11.4 Å². The van der Waals surface area contributed by atoms with Crippen LogP contribution < -0.4 is 14.8 Å². The quantitative estimate of drug-likeness (QED) is 0.306. The Morgan fingerprint density at radius 2 is 1.85 bits per heavy atom. The second kappa shape index (κ2) is 14.5. The van der Waals surface area contributed by atoms with Crippen molar-refractivity contribution in [2.24, 2.45) is 0 Å². The summed E-state index contributed by atoms with van der Waals surface area (Å²) in [5.74, 6) is 0.834. The van der Waals surface area contributed by atoms with E-state index in [0.717, 1.165) is 22.1 Å². The highest BCUT2D eigenvalue weighted by Gasteiger charge is 2.18. The molecule has 2 aromatic carbocycles. The van der Waals surface area contributed by atoms with Crippen LogP contribution in [0.4, 0.5) is 0 Å². The zero-order valence-electron chi connectivity index (χ0n) is 18.0. The molecule has 0 radical (unpaired) electrons. The Kier molecular flexibility index (Phi) is 11.7. The predicted molar refractivity (Wildman–Crippen MR) is 129 cm³/mol. The summed E-state index contributed by atoms with van der Waals surface area (Å²) in [6.07, 6.45) is 0.690. The van der Waals surface area contributed by atoms with Crippen LogP contribution in [0.2, 0.25) is 0 Å². The lowest BCUT2D eigenvalue weighted by atomic mass is 10.3. The summed E-state index contributed by atoms with van der Waals surface area (Å²) < 4.78 is 11.2. The van der Waals surface area contributed by atoms with Gasteiger partial charge in [0.2, 0.25) is 0 Å². The number of thioether (sulfide) groups is 2. The maximum Gasteiger partial charge on any atom is 0.328 e. The Labute approximate surface area is 201 Å². The van der Waals surface area contributed by atoms with Gasteiger partial charge in [0.05, 0.1) is 19.3 Å². The van der Waals surface area contributed by atoms with E-state index in [0.29, 0.717) is 31.1 Å². The number of methoxy groups -OCH3 is 1. The molecule has 0 fully saturated rings.